The van der Waals surface area contributed by atoms with E-state index in [-0.39, 0.29) is 18.1 Å². The number of amides is 1. The normalized spacial score (nSPS) is 10.3. The van der Waals surface area contributed by atoms with E-state index < -0.39 is 4.92 Å². The first-order valence-electron chi connectivity index (χ1n) is 7.01. The zero-order valence-electron chi connectivity index (χ0n) is 12.4. The number of carbonyl (C=O) groups excluding carboxylic acids is 1. The summed E-state index contributed by atoms with van der Waals surface area (Å²) in [5, 5.41) is 16.1. The molecule has 8 heteroatoms. The van der Waals surface area contributed by atoms with Crippen LogP contribution in [0.4, 0.5) is 5.69 Å². The van der Waals surface area contributed by atoms with Crippen molar-refractivity contribution in [2.75, 3.05) is 0 Å². The predicted octanol–water partition coefficient (Wildman–Crippen LogP) is 3.04. The number of nitro groups is 1. The Morgan fingerprint density at radius 1 is 1.17 bits per heavy atom. The highest BCUT2D eigenvalue weighted by atomic mass is 32.1. The van der Waals surface area contributed by atoms with Crippen LogP contribution in [0.3, 0.4) is 0 Å². The van der Waals surface area contributed by atoms with Gasteiger partial charge in [-0.05, 0) is 24.3 Å². The van der Waals surface area contributed by atoms with Gasteiger partial charge in [0.1, 0.15) is 5.01 Å². The summed E-state index contributed by atoms with van der Waals surface area (Å²) in [6.07, 6.45) is 3.40. The molecule has 0 saturated carbocycles. The van der Waals surface area contributed by atoms with Crippen LogP contribution in [0.1, 0.15) is 16.1 Å². The first kappa shape index (κ1) is 15.8. The molecule has 0 aliphatic rings. The van der Waals surface area contributed by atoms with Gasteiger partial charge < -0.3 is 5.32 Å². The third kappa shape index (κ3) is 3.61. The highest BCUT2D eigenvalue weighted by Crippen LogP contribution is 2.22. The Labute approximate surface area is 141 Å². The molecule has 0 spiro atoms. The van der Waals surface area contributed by atoms with E-state index in [2.05, 4.69) is 15.3 Å². The highest BCUT2D eigenvalue weighted by molar-refractivity contribution is 7.13. The van der Waals surface area contributed by atoms with E-state index in [4.69, 9.17) is 0 Å². The van der Waals surface area contributed by atoms with Crippen LogP contribution >= 0.6 is 11.3 Å². The van der Waals surface area contributed by atoms with Crippen LogP contribution in [0, 0.1) is 10.1 Å². The number of non-ortho nitro benzene ring substituents is 1. The van der Waals surface area contributed by atoms with Crippen molar-refractivity contribution in [3.05, 3.63) is 75.5 Å². The molecular formula is C16H12N4O3S. The molecule has 0 atom stereocenters. The summed E-state index contributed by atoms with van der Waals surface area (Å²) in [6.45, 7) is 0.289. The molecule has 0 fully saturated rings. The summed E-state index contributed by atoms with van der Waals surface area (Å²) >= 11 is 1.49. The lowest BCUT2D eigenvalue weighted by molar-refractivity contribution is -0.384. The van der Waals surface area contributed by atoms with Gasteiger partial charge in [0.2, 0.25) is 0 Å². The molecular weight excluding hydrogens is 328 g/mol. The van der Waals surface area contributed by atoms with Gasteiger partial charge in [-0.1, -0.05) is 0 Å². The standard InChI is InChI=1S/C16H12N4O3S/c21-15(11-1-3-14(4-2-11)20(22)23)18-9-13-10-24-16(19-13)12-5-7-17-8-6-12/h1-8,10H,9H2,(H,18,21). The molecule has 1 aromatic carbocycles. The molecule has 1 N–H and O–H groups in total. The number of aromatic nitrogens is 2. The minimum Gasteiger partial charge on any atom is -0.346 e. The number of rotatable bonds is 5. The number of hydrogen-bond acceptors (Lipinski definition) is 6. The van der Waals surface area contributed by atoms with Crippen LogP contribution < -0.4 is 5.32 Å². The average molecular weight is 340 g/mol. The van der Waals surface area contributed by atoms with Crippen molar-refractivity contribution in [2.45, 2.75) is 6.54 Å². The number of carbonyl (C=O) groups is 1. The van der Waals surface area contributed by atoms with Crippen LogP contribution in [0.15, 0.2) is 54.2 Å². The number of nitrogens with one attached hydrogen (secondary N) is 1. The summed E-state index contributed by atoms with van der Waals surface area (Å²) in [6, 6.07) is 9.21. The maximum absolute atomic E-state index is 12.1. The molecule has 120 valence electrons. The van der Waals surface area contributed by atoms with Gasteiger partial charge in [-0.2, -0.15) is 0 Å². The molecule has 0 saturated heterocycles. The number of pyridine rings is 1. The second kappa shape index (κ2) is 6.97. The molecule has 0 radical (unpaired) electrons. The van der Waals surface area contributed by atoms with Gasteiger partial charge in [-0.3, -0.25) is 19.9 Å². The molecule has 0 unspecified atom stereocenters. The van der Waals surface area contributed by atoms with Crippen LogP contribution in [0.25, 0.3) is 10.6 Å². The van der Waals surface area contributed by atoms with E-state index in [0.717, 1.165) is 16.3 Å². The molecule has 24 heavy (non-hydrogen) atoms. The van der Waals surface area contributed by atoms with Crippen molar-refractivity contribution < 1.29 is 9.72 Å². The molecule has 0 aliphatic heterocycles. The van der Waals surface area contributed by atoms with Gasteiger partial charge in [-0.15, -0.1) is 11.3 Å². The zero-order chi connectivity index (χ0) is 16.9. The largest absolute Gasteiger partial charge is 0.346 e. The topological polar surface area (TPSA) is 98.0 Å². The van der Waals surface area contributed by atoms with Crippen molar-refractivity contribution in [3.63, 3.8) is 0 Å². The Balaban J connectivity index is 1.62. The maximum Gasteiger partial charge on any atom is 0.269 e. The van der Waals surface area contributed by atoms with Crippen molar-refractivity contribution in [3.8, 4) is 10.6 Å². The van der Waals surface area contributed by atoms with E-state index in [1.807, 2.05) is 17.5 Å². The molecule has 0 aliphatic carbocycles. The summed E-state index contributed by atoms with van der Waals surface area (Å²) in [5.74, 6) is -0.302. The Hall–Kier alpha value is -3.13. The first-order chi connectivity index (χ1) is 11.6. The van der Waals surface area contributed by atoms with Crippen molar-refractivity contribution in [1.29, 1.82) is 0 Å². The van der Waals surface area contributed by atoms with Crippen LogP contribution in [-0.2, 0) is 6.54 Å². The lowest BCUT2D eigenvalue weighted by Gasteiger charge is -2.03. The first-order valence-corrected chi connectivity index (χ1v) is 7.89. The van der Waals surface area contributed by atoms with Gasteiger partial charge in [0.25, 0.3) is 11.6 Å². The Kier molecular flexibility index (Phi) is 4.57. The summed E-state index contributed by atoms with van der Waals surface area (Å²) in [5.41, 5.74) is 2.04. The molecule has 2 aromatic heterocycles. The second-order valence-electron chi connectivity index (χ2n) is 4.87. The monoisotopic (exact) mass is 340 g/mol. The third-order valence-electron chi connectivity index (χ3n) is 3.25. The van der Waals surface area contributed by atoms with Gasteiger partial charge in [0.15, 0.2) is 0 Å². The van der Waals surface area contributed by atoms with E-state index >= 15 is 0 Å². The number of nitro benzene ring substituents is 1. The van der Waals surface area contributed by atoms with Gasteiger partial charge in [0, 0.05) is 41.0 Å². The third-order valence-corrected chi connectivity index (χ3v) is 4.19. The van der Waals surface area contributed by atoms with E-state index in [9.17, 15) is 14.9 Å². The van der Waals surface area contributed by atoms with Crippen LogP contribution in [0.2, 0.25) is 0 Å². The van der Waals surface area contributed by atoms with Crippen LogP contribution in [0.5, 0.6) is 0 Å². The number of thiazole rings is 1. The lowest BCUT2D eigenvalue weighted by atomic mass is 10.2. The lowest BCUT2D eigenvalue weighted by Crippen LogP contribution is -2.22. The fraction of sp³-hybridized carbons (Fsp3) is 0.0625. The number of hydrogen-bond donors (Lipinski definition) is 1. The van der Waals surface area contributed by atoms with E-state index in [1.165, 1.54) is 35.6 Å². The fourth-order valence-corrected chi connectivity index (χ4v) is 2.85. The van der Waals surface area contributed by atoms with Gasteiger partial charge >= 0.3 is 0 Å². The van der Waals surface area contributed by atoms with Crippen molar-refractivity contribution in [1.82, 2.24) is 15.3 Å². The smallest absolute Gasteiger partial charge is 0.269 e. The molecule has 3 aromatic rings. The van der Waals surface area contributed by atoms with Gasteiger partial charge in [-0.25, -0.2) is 4.98 Å². The maximum atomic E-state index is 12.1. The zero-order valence-corrected chi connectivity index (χ0v) is 13.2. The molecule has 3 rings (SSSR count). The number of nitrogens with zero attached hydrogens (tertiary/aromatic N) is 3. The minimum absolute atomic E-state index is 0.0481. The minimum atomic E-state index is -0.502. The van der Waals surface area contributed by atoms with Crippen molar-refractivity contribution in [2.24, 2.45) is 0 Å². The molecule has 0 bridgehead atoms. The second-order valence-corrected chi connectivity index (χ2v) is 5.72. The highest BCUT2D eigenvalue weighted by Gasteiger charge is 2.10. The quantitative estimate of drug-likeness (QED) is 0.568. The van der Waals surface area contributed by atoms with E-state index in [1.54, 1.807) is 12.4 Å². The molecule has 7 nitrogen and oxygen atoms in total. The Morgan fingerprint density at radius 3 is 2.54 bits per heavy atom. The summed E-state index contributed by atoms with van der Waals surface area (Å²) < 4.78 is 0. The predicted molar refractivity (Wildman–Crippen MR) is 89.6 cm³/mol. The van der Waals surface area contributed by atoms with Crippen molar-refractivity contribution >= 4 is 22.9 Å². The van der Waals surface area contributed by atoms with Crippen LogP contribution in [-0.4, -0.2) is 20.8 Å². The average Bonchev–Trinajstić information content (AvgIpc) is 3.09. The van der Waals surface area contributed by atoms with Gasteiger partial charge in [0.05, 0.1) is 17.2 Å². The van der Waals surface area contributed by atoms with E-state index in [0.29, 0.717) is 5.56 Å². The summed E-state index contributed by atoms with van der Waals surface area (Å²) in [4.78, 5) is 30.6. The Morgan fingerprint density at radius 2 is 1.88 bits per heavy atom. The molecule has 2 heterocycles. The Bertz CT molecular complexity index is 863. The fourth-order valence-electron chi connectivity index (χ4n) is 2.02. The number of benzene rings is 1. The summed E-state index contributed by atoms with van der Waals surface area (Å²) in [7, 11) is 0. The SMILES string of the molecule is O=C(NCc1csc(-c2ccncc2)n1)c1ccc([N+](=O)[O-])cc1. The molecule has 1 amide bonds.